The maximum Gasteiger partial charge on any atom is 0.144 e. The summed E-state index contributed by atoms with van der Waals surface area (Å²) in [5.41, 5.74) is 6.14. The van der Waals surface area contributed by atoms with Gasteiger partial charge >= 0.3 is 0 Å². The number of rotatable bonds is 3. The molecule has 2 aliphatic heterocycles. The molecule has 2 aliphatic rings. The minimum Gasteiger partial charge on any atom is -0.309 e. The van der Waals surface area contributed by atoms with Crippen LogP contribution in [0.1, 0.15) is 17.0 Å². The van der Waals surface area contributed by atoms with Crippen LogP contribution in [0, 0.1) is 11.6 Å². The van der Waals surface area contributed by atoms with Gasteiger partial charge in [0.05, 0.1) is 51.9 Å². The smallest absolute Gasteiger partial charge is 0.144 e. The van der Waals surface area contributed by atoms with Crippen LogP contribution in [-0.2, 0) is 13.1 Å². The summed E-state index contributed by atoms with van der Waals surface area (Å²) in [6.07, 6.45) is 3.66. The highest BCUT2D eigenvalue weighted by Gasteiger charge is 2.22. The summed E-state index contributed by atoms with van der Waals surface area (Å²) >= 11 is 5.90. The van der Waals surface area contributed by atoms with E-state index >= 15 is 0 Å². The SMILES string of the molecule is Fc1cc(F)c(C2=NCC=C2c2ccc3ncc(-c4cc5n(n4)CCNC5)cc3n2)cc1Cl. The van der Waals surface area contributed by atoms with E-state index in [1.807, 2.05) is 29.0 Å². The summed E-state index contributed by atoms with van der Waals surface area (Å²) < 4.78 is 30.2. The fourth-order valence-corrected chi connectivity index (χ4v) is 4.36. The van der Waals surface area contributed by atoms with Gasteiger partial charge in [0, 0.05) is 42.1 Å². The van der Waals surface area contributed by atoms with Crippen molar-refractivity contribution in [2.45, 2.75) is 13.1 Å². The summed E-state index contributed by atoms with van der Waals surface area (Å²) in [5.74, 6) is -1.52. The molecule has 3 aromatic heterocycles. The Morgan fingerprint density at radius 3 is 2.79 bits per heavy atom. The predicted octanol–water partition coefficient (Wildman–Crippen LogP) is 4.41. The predicted molar refractivity (Wildman–Crippen MR) is 123 cm³/mol. The van der Waals surface area contributed by atoms with Gasteiger partial charge in [-0.3, -0.25) is 14.7 Å². The minimum atomic E-state index is -0.804. The maximum atomic E-state index is 14.5. The fourth-order valence-electron chi connectivity index (χ4n) is 4.20. The average Bonchev–Trinajstić information content (AvgIpc) is 3.48. The zero-order valence-corrected chi connectivity index (χ0v) is 18.1. The third-order valence-corrected chi connectivity index (χ3v) is 6.13. The molecule has 4 aromatic rings. The molecule has 9 heteroatoms. The lowest BCUT2D eigenvalue weighted by atomic mass is 9.99. The molecular weight excluding hydrogens is 446 g/mol. The van der Waals surface area contributed by atoms with E-state index in [0.717, 1.165) is 48.2 Å². The molecule has 0 atom stereocenters. The number of allylic oxidation sites excluding steroid dienone is 1. The van der Waals surface area contributed by atoms with E-state index in [0.29, 0.717) is 29.0 Å². The number of aromatic nitrogens is 4. The quantitative estimate of drug-likeness (QED) is 0.458. The van der Waals surface area contributed by atoms with Crippen LogP contribution in [0.2, 0.25) is 5.02 Å². The molecule has 1 N–H and O–H groups in total. The molecule has 0 aliphatic carbocycles. The molecule has 0 radical (unpaired) electrons. The van der Waals surface area contributed by atoms with Gasteiger partial charge in [0.2, 0.25) is 0 Å². The summed E-state index contributed by atoms with van der Waals surface area (Å²) in [6, 6.07) is 9.75. The van der Waals surface area contributed by atoms with Crippen molar-refractivity contribution >= 4 is 33.9 Å². The molecule has 164 valence electrons. The van der Waals surface area contributed by atoms with Crippen LogP contribution in [0.25, 0.3) is 27.9 Å². The van der Waals surface area contributed by atoms with Gasteiger partial charge < -0.3 is 5.32 Å². The summed E-state index contributed by atoms with van der Waals surface area (Å²) in [7, 11) is 0. The second kappa shape index (κ2) is 7.83. The molecule has 6 rings (SSSR count). The molecule has 0 fully saturated rings. The molecule has 0 amide bonds. The Bertz CT molecular complexity index is 1470. The van der Waals surface area contributed by atoms with Crippen LogP contribution in [0.3, 0.4) is 0 Å². The molecule has 0 spiro atoms. The van der Waals surface area contributed by atoms with Crippen LogP contribution in [0.4, 0.5) is 8.78 Å². The number of hydrogen-bond donors (Lipinski definition) is 1. The van der Waals surface area contributed by atoms with Crippen molar-refractivity contribution < 1.29 is 8.78 Å². The molecule has 1 aromatic carbocycles. The molecule has 0 saturated carbocycles. The highest BCUT2D eigenvalue weighted by Crippen LogP contribution is 2.30. The van der Waals surface area contributed by atoms with Crippen molar-refractivity contribution in [1.82, 2.24) is 25.1 Å². The van der Waals surface area contributed by atoms with Crippen LogP contribution >= 0.6 is 11.6 Å². The Kier molecular flexibility index (Phi) is 4.78. The third-order valence-electron chi connectivity index (χ3n) is 5.84. The van der Waals surface area contributed by atoms with E-state index in [9.17, 15) is 8.78 Å². The van der Waals surface area contributed by atoms with Gasteiger partial charge in [-0.2, -0.15) is 5.10 Å². The number of nitrogens with one attached hydrogen (secondary N) is 1. The van der Waals surface area contributed by atoms with Crippen molar-refractivity contribution in [1.29, 1.82) is 0 Å². The van der Waals surface area contributed by atoms with Crippen LogP contribution < -0.4 is 5.32 Å². The first-order valence-corrected chi connectivity index (χ1v) is 10.9. The minimum absolute atomic E-state index is 0.149. The van der Waals surface area contributed by atoms with Gasteiger partial charge in [0.1, 0.15) is 11.6 Å². The highest BCUT2D eigenvalue weighted by atomic mass is 35.5. The normalized spacial score (nSPS) is 15.5. The Labute approximate surface area is 192 Å². The first kappa shape index (κ1) is 20.1. The topological polar surface area (TPSA) is 68.0 Å². The van der Waals surface area contributed by atoms with Crippen LogP contribution in [-0.4, -0.2) is 38.5 Å². The Balaban J connectivity index is 1.39. The Morgan fingerprint density at radius 2 is 1.91 bits per heavy atom. The van der Waals surface area contributed by atoms with Crippen molar-refractivity contribution in [3.63, 3.8) is 0 Å². The summed E-state index contributed by atoms with van der Waals surface area (Å²) in [5, 5.41) is 7.88. The lowest BCUT2D eigenvalue weighted by Gasteiger charge is -2.13. The maximum absolute atomic E-state index is 14.5. The number of aliphatic imine (C=N–C) groups is 1. The monoisotopic (exact) mass is 462 g/mol. The zero-order valence-electron chi connectivity index (χ0n) is 17.3. The molecule has 0 unspecified atom stereocenters. The number of fused-ring (bicyclic) bond motifs is 2. The van der Waals surface area contributed by atoms with Crippen LogP contribution in [0.15, 0.2) is 53.7 Å². The highest BCUT2D eigenvalue weighted by molar-refractivity contribution is 6.35. The summed E-state index contributed by atoms with van der Waals surface area (Å²) in [4.78, 5) is 13.7. The van der Waals surface area contributed by atoms with E-state index in [2.05, 4.69) is 21.4 Å². The van der Waals surface area contributed by atoms with Gasteiger partial charge in [-0.1, -0.05) is 17.7 Å². The van der Waals surface area contributed by atoms with E-state index in [1.54, 1.807) is 6.20 Å². The van der Waals surface area contributed by atoms with E-state index in [1.165, 1.54) is 6.07 Å². The molecule has 6 nitrogen and oxygen atoms in total. The first-order valence-electron chi connectivity index (χ1n) is 10.5. The van der Waals surface area contributed by atoms with Crippen molar-refractivity contribution in [2.75, 3.05) is 13.1 Å². The van der Waals surface area contributed by atoms with Crippen molar-refractivity contribution in [3.8, 4) is 11.3 Å². The molecule has 0 bridgehead atoms. The Morgan fingerprint density at radius 1 is 1.00 bits per heavy atom. The van der Waals surface area contributed by atoms with Gasteiger partial charge in [-0.05, 0) is 30.3 Å². The van der Waals surface area contributed by atoms with E-state index < -0.39 is 11.6 Å². The molecule has 5 heterocycles. The fraction of sp³-hybridized carbons (Fsp3) is 0.167. The van der Waals surface area contributed by atoms with Gasteiger partial charge in [-0.25, -0.2) is 13.8 Å². The van der Waals surface area contributed by atoms with Crippen molar-refractivity contribution in [3.05, 3.63) is 82.3 Å². The van der Waals surface area contributed by atoms with Gasteiger partial charge in [0.25, 0.3) is 0 Å². The number of benzene rings is 1. The van der Waals surface area contributed by atoms with Crippen molar-refractivity contribution in [2.24, 2.45) is 4.99 Å². The number of hydrogen-bond acceptors (Lipinski definition) is 5. The summed E-state index contributed by atoms with van der Waals surface area (Å²) in [6.45, 7) is 2.90. The number of nitrogens with zero attached hydrogens (tertiary/aromatic N) is 5. The number of halogens is 3. The largest absolute Gasteiger partial charge is 0.309 e. The second-order valence-electron chi connectivity index (χ2n) is 7.93. The first-order chi connectivity index (χ1) is 16.1. The lowest BCUT2D eigenvalue weighted by molar-refractivity contribution is 0.476. The Hall–Kier alpha value is -3.49. The zero-order chi connectivity index (χ0) is 22.5. The standard InChI is InChI=1S/C24H17ClF2N6/c25-17-9-16(18(26)10-19(17)27)24-15(3-4-29-24)20-1-2-21-23(31-20)7-13(11-30-21)22-8-14-12-28-5-6-33(14)32-22/h1-3,7-11,28H,4-6,12H2. The third kappa shape index (κ3) is 3.51. The second-order valence-corrected chi connectivity index (χ2v) is 8.34. The average molecular weight is 463 g/mol. The van der Waals surface area contributed by atoms with Gasteiger partial charge in [0.15, 0.2) is 0 Å². The lowest BCUT2D eigenvalue weighted by Crippen LogP contribution is -2.28. The molecule has 0 saturated heterocycles. The number of pyridine rings is 2. The molecular formula is C24H17ClF2N6. The van der Waals surface area contributed by atoms with Gasteiger partial charge in [-0.15, -0.1) is 0 Å². The van der Waals surface area contributed by atoms with Crippen LogP contribution in [0.5, 0.6) is 0 Å². The molecule has 33 heavy (non-hydrogen) atoms. The van der Waals surface area contributed by atoms with E-state index in [-0.39, 0.29) is 10.6 Å². The van der Waals surface area contributed by atoms with E-state index in [4.69, 9.17) is 21.7 Å².